The van der Waals surface area contributed by atoms with Crippen LogP contribution in [0.4, 0.5) is 0 Å². The summed E-state index contributed by atoms with van der Waals surface area (Å²) in [6, 6.07) is 0. The first-order valence-electron chi connectivity index (χ1n) is 7.20. The molecule has 1 unspecified atom stereocenters. The fourth-order valence-corrected chi connectivity index (χ4v) is 3.08. The van der Waals surface area contributed by atoms with Gasteiger partial charge in [-0.25, -0.2) is 0 Å². The number of nitrogens with zero attached hydrogens (tertiary/aromatic N) is 4. The van der Waals surface area contributed by atoms with Crippen molar-refractivity contribution in [2.45, 2.75) is 12.3 Å². The molecular formula is C15H24IN5S. The Labute approximate surface area is 154 Å². The summed E-state index contributed by atoms with van der Waals surface area (Å²) in [7, 11) is 3.80. The van der Waals surface area contributed by atoms with Crippen molar-refractivity contribution < 1.29 is 0 Å². The number of rotatable bonds is 5. The number of halogens is 1. The van der Waals surface area contributed by atoms with E-state index in [1.165, 1.54) is 5.56 Å². The SMILES string of the molecule is C#CCSCCNC(=NC)N1CCC(c2cnn(C)c2)C1.I. The molecular weight excluding hydrogens is 409 g/mol. The van der Waals surface area contributed by atoms with Gasteiger partial charge in [0.05, 0.1) is 11.9 Å². The van der Waals surface area contributed by atoms with Crippen molar-refractivity contribution in [2.24, 2.45) is 12.0 Å². The molecule has 1 aromatic rings. The Bertz CT molecular complexity index is 522. The lowest BCUT2D eigenvalue weighted by molar-refractivity contribution is 0.488. The van der Waals surface area contributed by atoms with Gasteiger partial charge in [-0.15, -0.1) is 42.2 Å². The Balaban J connectivity index is 0.00000242. The minimum Gasteiger partial charge on any atom is -0.355 e. The Morgan fingerprint density at radius 3 is 3.09 bits per heavy atom. The summed E-state index contributed by atoms with van der Waals surface area (Å²) < 4.78 is 1.87. The third kappa shape index (κ3) is 5.39. The second-order valence-electron chi connectivity index (χ2n) is 5.11. The van der Waals surface area contributed by atoms with Gasteiger partial charge >= 0.3 is 0 Å². The summed E-state index contributed by atoms with van der Waals surface area (Å²) in [5.41, 5.74) is 1.32. The van der Waals surface area contributed by atoms with E-state index in [0.717, 1.165) is 43.5 Å². The van der Waals surface area contributed by atoms with Crippen molar-refractivity contribution in [3.8, 4) is 12.3 Å². The number of nitrogens with one attached hydrogen (secondary N) is 1. The van der Waals surface area contributed by atoms with E-state index in [-0.39, 0.29) is 24.0 Å². The van der Waals surface area contributed by atoms with Crippen molar-refractivity contribution in [3.63, 3.8) is 0 Å². The van der Waals surface area contributed by atoms with Gasteiger partial charge in [0, 0.05) is 51.6 Å². The molecule has 7 heteroatoms. The average Bonchev–Trinajstić information content (AvgIpc) is 3.12. The fourth-order valence-electron chi connectivity index (χ4n) is 2.57. The summed E-state index contributed by atoms with van der Waals surface area (Å²) in [4.78, 5) is 6.71. The molecule has 1 aromatic heterocycles. The molecule has 0 saturated carbocycles. The fraction of sp³-hybridized carbons (Fsp3) is 0.600. The third-order valence-corrected chi connectivity index (χ3v) is 4.47. The molecule has 1 aliphatic heterocycles. The number of hydrogen-bond acceptors (Lipinski definition) is 3. The highest BCUT2D eigenvalue weighted by Crippen LogP contribution is 2.26. The number of likely N-dealkylation sites (tertiary alicyclic amines) is 1. The van der Waals surface area contributed by atoms with E-state index in [0.29, 0.717) is 5.92 Å². The minimum atomic E-state index is 0. The molecule has 1 fully saturated rings. The second kappa shape index (κ2) is 10.0. The molecule has 1 saturated heterocycles. The highest BCUT2D eigenvalue weighted by atomic mass is 127. The minimum absolute atomic E-state index is 0. The number of hydrogen-bond donors (Lipinski definition) is 1. The van der Waals surface area contributed by atoms with Gasteiger partial charge in [-0.3, -0.25) is 9.67 Å². The molecule has 0 amide bonds. The van der Waals surface area contributed by atoms with Crippen molar-refractivity contribution in [1.29, 1.82) is 0 Å². The number of terminal acetylenes is 1. The molecule has 0 bridgehead atoms. The summed E-state index contributed by atoms with van der Waals surface area (Å²) >= 11 is 1.77. The topological polar surface area (TPSA) is 45.5 Å². The van der Waals surface area contributed by atoms with Crippen LogP contribution in [0.1, 0.15) is 17.9 Å². The zero-order valence-electron chi connectivity index (χ0n) is 13.2. The van der Waals surface area contributed by atoms with Gasteiger partial charge in [0.15, 0.2) is 5.96 Å². The largest absolute Gasteiger partial charge is 0.355 e. The maximum atomic E-state index is 5.24. The highest BCUT2D eigenvalue weighted by Gasteiger charge is 2.26. The van der Waals surface area contributed by atoms with Crippen molar-refractivity contribution in [2.75, 3.05) is 38.2 Å². The first-order valence-corrected chi connectivity index (χ1v) is 8.35. The molecule has 2 heterocycles. The van der Waals surface area contributed by atoms with Crippen LogP contribution in [-0.2, 0) is 7.05 Å². The molecule has 5 nitrogen and oxygen atoms in total. The standard InChI is InChI=1S/C15H23N5S.HI/c1-4-8-21-9-6-17-15(16-2)20-7-5-13(12-20)14-10-18-19(3)11-14;/h1,10-11,13H,5-9,12H2,2-3H3,(H,16,17);1H. The van der Waals surface area contributed by atoms with Crippen molar-refractivity contribution >= 4 is 41.7 Å². The quantitative estimate of drug-likeness (QED) is 0.253. The van der Waals surface area contributed by atoms with Gasteiger partial charge in [-0.1, -0.05) is 5.92 Å². The van der Waals surface area contributed by atoms with E-state index >= 15 is 0 Å². The molecule has 0 aliphatic carbocycles. The summed E-state index contributed by atoms with van der Waals surface area (Å²) in [6.07, 6.45) is 10.5. The van der Waals surface area contributed by atoms with Crippen LogP contribution in [0.15, 0.2) is 17.4 Å². The van der Waals surface area contributed by atoms with Crippen LogP contribution in [0, 0.1) is 12.3 Å². The van der Waals surface area contributed by atoms with E-state index in [4.69, 9.17) is 6.42 Å². The highest BCUT2D eigenvalue weighted by molar-refractivity contribution is 14.0. The molecule has 0 radical (unpaired) electrons. The van der Waals surface area contributed by atoms with Crippen LogP contribution in [0.25, 0.3) is 0 Å². The summed E-state index contributed by atoms with van der Waals surface area (Å²) in [5, 5.41) is 7.68. The van der Waals surface area contributed by atoms with Crippen LogP contribution >= 0.6 is 35.7 Å². The molecule has 122 valence electrons. The number of aliphatic imine (C=N–C) groups is 1. The van der Waals surface area contributed by atoms with E-state index in [1.807, 2.05) is 25.0 Å². The molecule has 1 N–H and O–H groups in total. The molecule has 0 aromatic carbocycles. The zero-order valence-corrected chi connectivity index (χ0v) is 16.3. The summed E-state index contributed by atoms with van der Waals surface area (Å²) in [5.74, 6) is 5.95. The average molecular weight is 433 g/mol. The first kappa shape index (κ1) is 19.2. The Kier molecular flexibility index (Phi) is 8.71. The lowest BCUT2D eigenvalue weighted by atomic mass is 10.0. The molecule has 2 rings (SSSR count). The zero-order chi connectivity index (χ0) is 15.1. The van der Waals surface area contributed by atoms with E-state index in [2.05, 4.69) is 32.4 Å². The lowest BCUT2D eigenvalue weighted by Crippen LogP contribution is -2.40. The Morgan fingerprint density at radius 2 is 2.45 bits per heavy atom. The lowest BCUT2D eigenvalue weighted by Gasteiger charge is -2.21. The maximum absolute atomic E-state index is 5.24. The van der Waals surface area contributed by atoms with Crippen molar-refractivity contribution in [3.05, 3.63) is 18.0 Å². The predicted octanol–water partition coefficient (Wildman–Crippen LogP) is 1.77. The summed E-state index contributed by atoms with van der Waals surface area (Å²) in [6.45, 7) is 2.94. The smallest absolute Gasteiger partial charge is 0.193 e. The molecule has 1 atom stereocenters. The normalized spacial score (nSPS) is 18.0. The van der Waals surface area contributed by atoms with Gasteiger partial charge in [0.1, 0.15) is 0 Å². The molecule has 1 aliphatic rings. The van der Waals surface area contributed by atoms with Crippen LogP contribution in [0.2, 0.25) is 0 Å². The van der Waals surface area contributed by atoms with E-state index < -0.39 is 0 Å². The molecule has 22 heavy (non-hydrogen) atoms. The third-order valence-electron chi connectivity index (χ3n) is 3.61. The van der Waals surface area contributed by atoms with Crippen LogP contribution in [0.5, 0.6) is 0 Å². The van der Waals surface area contributed by atoms with Gasteiger partial charge in [-0.05, 0) is 12.0 Å². The molecule has 0 spiro atoms. The Morgan fingerprint density at radius 1 is 1.64 bits per heavy atom. The maximum Gasteiger partial charge on any atom is 0.193 e. The van der Waals surface area contributed by atoms with Gasteiger partial charge in [-0.2, -0.15) is 5.10 Å². The van der Waals surface area contributed by atoms with Gasteiger partial charge in [0.2, 0.25) is 0 Å². The van der Waals surface area contributed by atoms with Crippen LogP contribution in [0.3, 0.4) is 0 Å². The van der Waals surface area contributed by atoms with E-state index in [1.54, 1.807) is 11.8 Å². The second-order valence-corrected chi connectivity index (χ2v) is 6.21. The first-order chi connectivity index (χ1) is 10.2. The number of thioether (sulfide) groups is 1. The number of guanidine groups is 1. The monoisotopic (exact) mass is 433 g/mol. The predicted molar refractivity (Wildman–Crippen MR) is 105 cm³/mol. The van der Waals surface area contributed by atoms with Crippen molar-refractivity contribution in [1.82, 2.24) is 20.0 Å². The van der Waals surface area contributed by atoms with Crippen LogP contribution < -0.4 is 5.32 Å². The number of aryl methyl sites for hydroxylation is 1. The van der Waals surface area contributed by atoms with E-state index in [9.17, 15) is 0 Å². The number of aromatic nitrogens is 2. The Hall–Kier alpha value is -0.880. The van der Waals surface area contributed by atoms with Gasteiger partial charge in [0.25, 0.3) is 0 Å². The van der Waals surface area contributed by atoms with Gasteiger partial charge < -0.3 is 10.2 Å². The van der Waals surface area contributed by atoms with Crippen LogP contribution in [-0.4, -0.2) is 58.8 Å².